The maximum atomic E-state index is 12.8. The van der Waals surface area contributed by atoms with Crippen molar-refractivity contribution in [3.63, 3.8) is 0 Å². The Morgan fingerprint density at radius 2 is 1.53 bits per heavy atom. The van der Waals surface area contributed by atoms with Crippen LogP contribution in [0.3, 0.4) is 0 Å². The molecule has 0 saturated carbocycles. The molecule has 0 aromatic carbocycles. The summed E-state index contributed by atoms with van der Waals surface area (Å²) in [6.45, 7) is 1.07. The van der Waals surface area contributed by atoms with Gasteiger partial charge in [0, 0.05) is 26.2 Å². The molecule has 2 heterocycles. The number of hydrogen-bond donors (Lipinski definition) is 1. The van der Waals surface area contributed by atoms with Crippen molar-refractivity contribution in [3.05, 3.63) is 0 Å². The van der Waals surface area contributed by atoms with Gasteiger partial charge in [-0.3, -0.25) is 4.79 Å². The van der Waals surface area contributed by atoms with E-state index in [1.165, 1.54) is 0 Å². The first-order valence-electron chi connectivity index (χ1n) is 5.18. The number of nitrogens with one attached hydrogen (secondary N) is 1. The third kappa shape index (κ3) is 1.98. The summed E-state index contributed by atoms with van der Waals surface area (Å²) in [5.74, 6) is -7.43. The van der Waals surface area contributed by atoms with Crippen LogP contribution < -0.4 is 5.32 Å². The second-order valence-electron chi connectivity index (χ2n) is 4.46. The van der Waals surface area contributed by atoms with Gasteiger partial charge in [0.15, 0.2) is 0 Å². The third-order valence-electron chi connectivity index (χ3n) is 3.30. The molecule has 0 aliphatic carbocycles. The van der Waals surface area contributed by atoms with Crippen LogP contribution in [0.15, 0.2) is 0 Å². The van der Waals surface area contributed by atoms with Crippen LogP contribution >= 0.6 is 0 Å². The molecule has 2 aliphatic heterocycles. The van der Waals surface area contributed by atoms with E-state index in [9.17, 15) is 26.7 Å². The molecule has 0 aromatic rings. The van der Waals surface area contributed by atoms with Crippen LogP contribution in [0.5, 0.6) is 0 Å². The fourth-order valence-corrected chi connectivity index (χ4v) is 2.34. The number of alkyl halides is 5. The Morgan fingerprint density at radius 3 is 1.94 bits per heavy atom. The zero-order chi connectivity index (χ0) is 12.8. The van der Waals surface area contributed by atoms with Crippen LogP contribution in [-0.2, 0) is 4.79 Å². The Morgan fingerprint density at radius 1 is 1.06 bits per heavy atom. The molecule has 2 atom stereocenters. The maximum Gasteiger partial charge on any atom is 0.463 e. The van der Waals surface area contributed by atoms with E-state index in [0.717, 1.165) is 0 Å². The number of likely N-dealkylation sites (tertiary alicyclic amines) is 1. The summed E-state index contributed by atoms with van der Waals surface area (Å²) in [6, 6.07) is 0. The Kier molecular flexibility index (Phi) is 2.80. The first kappa shape index (κ1) is 12.5. The number of amides is 1. The molecule has 2 fully saturated rings. The van der Waals surface area contributed by atoms with Gasteiger partial charge in [0.2, 0.25) is 0 Å². The average molecular weight is 258 g/mol. The first-order chi connectivity index (χ1) is 7.73. The number of nitrogens with zero attached hydrogens (tertiary/aromatic N) is 1. The zero-order valence-corrected chi connectivity index (χ0v) is 8.73. The highest BCUT2D eigenvalue weighted by Crippen LogP contribution is 2.38. The molecule has 98 valence electrons. The summed E-state index contributed by atoms with van der Waals surface area (Å²) in [7, 11) is 0. The summed E-state index contributed by atoms with van der Waals surface area (Å²) in [6.07, 6.45) is -5.82. The minimum absolute atomic E-state index is 0.0111. The van der Waals surface area contributed by atoms with Gasteiger partial charge < -0.3 is 10.2 Å². The Labute approximate surface area is 93.9 Å². The molecule has 0 radical (unpaired) electrons. The van der Waals surface area contributed by atoms with Crippen LogP contribution in [0.1, 0.15) is 0 Å². The lowest BCUT2D eigenvalue weighted by Gasteiger charge is -2.25. The highest BCUT2D eigenvalue weighted by Gasteiger charge is 2.65. The molecule has 2 rings (SSSR count). The fraction of sp³-hybridized carbons (Fsp3) is 0.889. The number of fused-ring (bicyclic) bond motifs is 1. The molecular weight excluding hydrogens is 247 g/mol. The normalized spacial score (nSPS) is 29.6. The van der Waals surface area contributed by atoms with E-state index >= 15 is 0 Å². The second-order valence-corrected chi connectivity index (χ2v) is 4.46. The summed E-state index contributed by atoms with van der Waals surface area (Å²) in [4.78, 5) is 11.8. The standard InChI is InChI=1S/C9H11F5N2O/c10-8(11,9(12,13)14)7(17)16-3-5-1-15-2-6(5)4-16/h5-6,15H,1-4H2/t5-,6+. The molecule has 0 bridgehead atoms. The van der Waals surface area contributed by atoms with Gasteiger partial charge in [-0.1, -0.05) is 0 Å². The predicted molar refractivity (Wildman–Crippen MR) is 47.4 cm³/mol. The Balaban J connectivity index is 2.07. The Hall–Kier alpha value is -0.920. The third-order valence-corrected chi connectivity index (χ3v) is 3.30. The van der Waals surface area contributed by atoms with Crippen LogP contribution in [0.4, 0.5) is 22.0 Å². The van der Waals surface area contributed by atoms with Gasteiger partial charge in [0.05, 0.1) is 0 Å². The van der Waals surface area contributed by atoms with E-state index in [1.807, 2.05) is 0 Å². The second kappa shape index (κ2) is 3.79. The van der Waals surface area contributed by atoms with Gasteiger partial charge in [0.25, 0.3) is 0 Å². The van der Waals surface area contributed by atoms with Gasteiger partial charge in [-0.2, -0.15) is 22.0 Å². The Bertz CT molecular complexity index is 318. The van der Waals surface area contributed by atoms with Gasteiger partial charge in [-0.05, 0) is 11.8 Å². The van der Waals surface area contributed by atoms with Gasteiger partial charge >= 0.3 is 18.0 Å². The van der Waals surface area contributed by atoms with Crippen LogP contribution in [-0.4, -0.2) is 49.1 Å². The van der Waals surface area contributed by atoms with Crippen molar-refractivity contribution in [2.45, 2.75) is 12.1 Å². The topological polar surface area (TPSA) is 32.3 Å². The number of halogens is 5. The molecule has 1 amide bonds. The van der Waals surface area contributed by atoms with Gasteiger partial charge in [-0.25, -0.2) is 0 Å². The molecule has 17 heavy (non-hydrogen) atoms. The van der Waals surface area contributed by atoms with Crippen molar-refractivity contribution in [2.24, 2.45) is 11.8 Å². The van der Waals surface area contributed by atoms with E-state index in [-0.39, 0.29) is 24.9 Å². The summed E-state index contributed by atoms with van der Waals surface area (Å²) < 4.78 is 61.7. The van der Waals surface area contributed by atoms with Crippen molar-refractivity contribution in [1.29, 1.82) is 0 Å². The van der Waals surface area contributed by atoms with Crippen LogP contribution in [0, 0.1) is 11.8 Å². The maximum absolute atomic E-state index is 12.8. The van der Waals surface area contributed by atoms with Crippen LogP contribution in [0.25, 0.3) is 0 Å². The van der Waals surface area contributed by atoms with Crippen molar-refractivity contribution in [2.75, 3.05) is 26.2 Å². The summed E-state index contributed by atoms with van der Waals surface area (Å²) in [5, 5.41) is 3.01. The van der Waals surface area contributed by atoms with E-state index in [0.29, 0.717) is 18.0 Å². The largest absolute Gasteiger partial charge is 0.463 e. The lowest BCUT2D eigenvalue weighted by Crippen LogP contribution is -2.51. The highest BCUT2D eigenvalue weighted by molar-refractivity contribution is 5.84. The SMILES string of the molecule is O=C(N1C[C@H]2CNC[C@H]2C1)C(F)(F)C(F)(F)F. The summed E-state index contributed by atoms with van der Waals surface area (Å²) in [5.41, 5.74) is 0. The number of hydrogen-bond acceptors (Lipinski definition) is 2. The van der Waals surface area contributed by atoms with Gasteiger partial charge in [-0.15, -0.1) is 0 Å². The van der Waals surface area contributed by atoms with Crippen molar-refractivity contribution in [3.8, 4) is 0 Å². The fourth-order valence-electron chi connectivity index (χ4n) is 2.34. The monoisotopic (exact) mass is 258 g/mol. The predicted octanol–water partition coefficient (Wildman–Crippen LogP) is 0.862. The quantitative estimate of drug-likeness (QED) is 0.708. The van der Waals surface area contributed by atoms with Crippen LogP contribution in [0.2, 0.25) is 0 Å². The van der Waals surface area contributed by atoms with Crippen molar-refractivity contribution >= 4 is 5.91 Å². The first-order valence-corrected chi connectivity index (χ1v) is 5.18. The molecule has 1 N–H and O–H groups in total. The number of rotatable bonds is 1. The minimum Gasteiger partial charge on any atom is -0.336 e. The molecule has 0 unspecified atom stereocenters. The molecule has 3 nitrogen and oxygen atoms in total. The minimum atomic E-state index is -5.82. The van der Waals surface area contributed by atoms with Crippen molar-refractivity contribution < 1.29 is 26.7 Å². The highest BCUT2D eigenvalue weighted by atomic mass is 19.4. The molecule has 2 aliphatic rings. The van der Waals surface area contributed by atoms with E-state index in [2.05, 4.69) is 5.32 Å². The zero-order valence-electron chi connectivity index (χ0n) is 8.73. The summed E-state index contributed by atoms with van der Waals surface area (Å²) >= 11 is 0. The van der Waals surface area contributed by atoms with Crippen molar-refractivity contribution in [1.82, 2.24) is 10.2 Å². The van der Waals surface area contributed by atoms with E-state index < -0.39 is 18.0 Å². The number of carbonyl (C=O) groups excluding carboxylic acids is 1. The average Bonchev–Trinajstić information content (AvgIpc) is 2.73. The van der Waals surface area contributed by atoms with Gasteiger partial charge in [0.1, 0.15) is 0 Å². The molecule has 2 saturated heterocycles. The lowest BCUT2D eigenvalue weighted by molar-refractivity contribution is -0.274. The lowest BCUT2D eigenvalue weighted by atomic mass is 10.0. The molecule has 0 spiro atoms. The molecule has 8 heteroatoms. The molecular formula is C9H11F5N2O. The van der Waals surface area contributed by atoms with E-state index in [4.69, 9.17) is 0 Å². The van der Waals surface area contributed by atoms with E-state index in [1.54, 1.807) is 0 Å². The number of carbonyl (C=O) groups is 1. The smallest absolute Gasteiger partial charge is 0.336 e. The molecule has 0 aromatic heterocycles.